The second-order valence-electron chi connectivity index (χ2n) is 5.47. The van der Waals surface area contributed by atoms with Gasteiger partial charge in [0.25, 0.3) is 0 Å². The lowest BCUT2D eigenvalue weighted by Crippen LogP contribution is -2.53. The zero-order valence-corrected chi connectivity index (χ0v) is 11.9. The second kappa shape index (κ2) is 6.06. The number of amides is 2. The van der Waals surface area contributed by atoms with E-state index in [0.717, 1.165) is 25.3 Å². The maximum absolute atomic E-state index is 12.0. The number of carbonyl (C=O) groups excluding carboxylic acids is 1. The van der Waals surface area contributed by atoms with Gasteiger partial charge in [-0.05, 0) is 30.7 Å². The van der Waals surface area contributed by atoms with Crippen LogP contribution in [0.3, 0.4) is 0 Å². The van der Waals surface area contributed by atoms with Gasteiger partial charge in [-0.25, -0.2) is 4.79 Å². The molecule has 2 rings (SSSR count). The van der Waals surface area contributed by atoms with Gasteiger partial charge in [0.05, 0.1) is 0 Å². The monoisotopic (exact) mass is 261 g/mol. The summed E-state index contributed by atoms with van der Waals surface area (Å²) in [7, 11) is 1.94. The minimum atomic E-state index is 0.00431. The van der Waals surface area contributed by atoms with E-state index in [-0.39, 0.29) is 6.03 Å². The predicted molar refractivity (Wildman–Crippen MR) is 78.7 cm³/mol. The summed E-state index contributed by atoms with van der Waals surface area (Å²) in [6.45, 7) is 6.78. The van der Waals surface area contributed by atoms with Crippen LogP contribution in [0, 0.1) is 5.92 Å². The Bertz CT molecular complexity index is 428. The van der Waals surface area contributed by atoms with Crippen molar-refractivity contribution in [3.63, 3.8) is 0 Å². The van der Waals surface area contributed by atoms with Gasteiger partial charge in [-0.15, -0.1) is 0 Å². The van der Waals surface area contributed by atoms with E-state index < -0.39 is 0 Å². The average Bonchev–Trinajstić information content (AvgIpc) is 2.41. The molecule has 0 aromatic heterocycles. The normalized spacial score (nSPS) is 19.7. The molecule has 1 aromatic carbocycles. The zero-order chi connectivity index (χ0) is 13.8. The molecule has 1 saturated heterocycles. The molecule has 1 heterocycles. The molecular formula is C15H23N3O. The van der Waals surface area contributed by atoms with Crippen molar-refractivity contribution in [2.45, 2.75) is 19.8 Å². The van der Waals surface area contributed by atoms with E-state index in [9.17, 15) is 4.79 Å². The van der Waals surface area contributed by atoms with Crippen molar-refractivity contribution in [3.8, 4) is 0 Å². The summed E-state index contributed by atoms with van der Waals surface area (Å²) in [4.78, 5) is 13.8. The second-order valence-corrected chi connectivity index (χ2v) is 5.47. The van der Waals surface area contributed by atoms with Gasteiger partial charge in [0.2, 0.25) is 0 Å². The molecule has 1 fully saturated rings. The molecule has 1 aliphatic heterocycles. The number of nitrogens with zero attached hydrogens (tertiary/aromatic N) is 1. The lowest BCUT2D eigenvalue weighted by molar-refractivity contribution is 0.236. The van der Waals surface area contributed by atoms with Crippen LogP contribution < -0.4 is 15.5 Å². The summed E-state index contributed by atoms with van der Waals surface area (Å²) in [5, 5.41) is 6.12. The van der Waals surface area contributed by atoms with Crippen molar-refractivity contribution in [2.75, 3.05) is 31.6 Å². The Labute approximate surface area is 115 Å². The third-order valence-electron chi connectivity index (χ3n) is 3.59. The molecule has 2 amide bonds. The topological polar surface area (TPSA) is 44.4 Å². The smallest absolute Gasteiger partial charge is 0.321 e. The summed E-state index contributed by atoms with van der Waals surface area (Å²) in [5.74, 6) is 0.966. The molecule has 0 radical (unpaired) electrons. The number of hydrogen-bond donors (Lipinski definition) is 2. The molecule has 4 heteroatoms. The van der Waals surface area contributed by atoms with Crippen LogP contribution in [0.4, 0.5) is 10.5 Å². The molecule has 0 aliphatic carbocycles. The van der Waals surface area contributed by atoms with Crippen molar-refractivity contribution < 1.29 is 4.79 Å². The number of anilines is 1. The summed E-state index contributed by atoms with van der Waals surface area (Å²) >= 11 is 0. The Morgan fingerprint density at radius 3 is 2.63 bits per heavy atom. The third-order valence-corrected chi connectivity index (χ3v) is 3.59. The highest BCUT2D eigenvalue weighted by molar-refractivity contribution is 5.92. The number of rotatable bonds is 4. The molecule has 19 heavy (non-hydrogen) atoms. The van der Waals surface area contributed by atoms with Crippen LogP contribution in [-0.4, -0.2) is 32.7 Å². The van der Waals surface area contributed by atoms with Crippen molar-refractivity contribution in [2.24, 2.45) is 5.92 Å². The highest BCUT2D eigenvalue weighted by Crippen LogP contribution is 2.22. The fourth-order valence-electron chi connectivity index (χ4n) is 2.42. The molecule has 4 nitrogen and oxygen atoms in total. The zero-order valence-electron chi connectivity index (χ0n) is 11.9. The molecular weight excluding hydrogens is 238 g/mol. The molecule has 2 N–H and O–H groups in total. The van der Waals surface area contributed by atoms with E-state index in [1.807, 2.05) is 24.1 Å². The summed E-state index contributed by atoms with van der Waals surface area (Å²) in [6.07, 6.45) is 0. The first kappa shape index (κ1) is 13.9. The Morgan fingerprint density at radius 2 is 2.05 bits per heavy atom. The van der Waals surface area contributed by atoms with Gasteiger partial charge >= 0.3 is 6.03 Å². The molecule has 1 aliphatic rings. The highest BCUT2D eigenvalue weighted by Gasteiger charge is 2.25. The maximum atomic E-state index is 12.0. The molecule has 1 unspecified atom stereocenters. The van der Waals surface area contributed by atoms with Crippen LogP contribution in [0.1, 0.15) is 25.3 Å². The average molecular weight is 261 g/mol. The van der Waals surface area contributed by atoms with E-state index in [2.05, 4.69) is 36.6 Å². The SMILES string of the molecule is CNCC1CNC(=O)N(c2ccc(C(C)C)cc2)C1. The predicted octanol–water partition coefficient (Wildman–Crippen LogP) is 2.18. The lowest BCUT2D eigenvalue weighted by Gasteiger charge is -2.33. The minimum absolute atomic E-state index is 0.00431. The van der Waals surface area contributed by atoms with Crippen LogP contribution in [-0.2, 0) is 0 Å². The first-order valence-corrected chi connectivity index (χ1v) is 6.91. The maximum Gasteiger partial charge on any atom is 0.321 e. The first-order valence-electron chi connectivity index (χ1n) is 6.91. The van der Waals surface area contributed by atoms with E-state index in [0.29, 0.717) is 11.8 Å². The van der Waals surface area contributed by atoms with Crippen LogP contribution in [0.5, 0.6) is 0 Å². The highest BCUT2D eigenvalue weighted by atomic mass is 16.2. The van der Waals surface area contributed by atoms with Gasteiger partial charge in [0.1, 0.15) is 0 Å². The van der Waals surface area contributed by atoms with E-state index in [1.165, 1.54) is 5.56 Å². The largest absolute Gasteiger partial charge is 0.337 e. The van der Waals surface area contributed by atoms with Gasteiger partial charge in [0, 0.05) is 31.2 Å². The Morgan fingerprint density at radius 1 is 1.37 bits per heavy atom. The molecule has 1 aromatic rings. The van der Waals surface area contributed by atoms with E-state index in [1.54, 1.807) is 0 Å². The van der Waals surface area contributed by atoms with Gasteiger partial charge in [-0.3, -0.25) is 4.90 Å². The molecule has 104 valence electrons. The van der Waals surface area contributed by atoms with Crippen molar-refractivity contribution in [1.29, 1.82) is 0 Å². The van der Waals surface area contributed by atoms with Gasteiger partial charge in [-0.2, -0.15) is 0 Å². The van der Waals surface area contributed by atoms with Gasteiger partial charge < -0.3 is 10.6 Å². The quantitative estimate of drug-likeness (QED) is 0.872. The number of carbonyl (C=O) groups is 1. The molecule has 0 saturated carbocycles. The number of nitrogens with one attached hydrogen (secondary N) is 2. The number of hydrogen-bond acceptors (Lipinski definition) is 2. The van der Waals surface area contributed by atoms with Crippen molar-refractivity contribution >= 4 is 11.7 Å². The first-order chi connectivity index (χ1) is 9.11. The van der Waals surface area contributed by atoms with Gasteiger partial charge in [-0.1, -0.05) is 26.0 Å². The van der Waals surface area contributed by atoms with E-state index >= 15 is 0 Å². The minimum Gasteiger partial charge on any atom is -0.337 e. The van der Waals surface area contributed by atoms with Crippen LogP contribution in [0.15, 0.2) is 24.3 Å². The van der Waals surface area contributed by atoms with Crippen LogP contribution in [0.25, 0.3) is 0 Å². The summed E-state index contributed by atoms with van der Waals surface area (Å²) in [5.41, 5.74) is 2.27. The lowest BCUT2D eigenvalue weighted by atomic mass is 10.0. The molecule has 0 spiro atoms. The standard InChI is InChI=1S/C15H23N3O/c1-11(2)13-4-6-14(7-5-13)18-10-12(8-16-3)9-17-15(18)19/h4-7,11-12,16H,8-10H2,1-3H3,(H,17,19). The fraction of sp³-hybridized carbons (Fsp3) is 0.533. The number of urea groups is 1. The molecule has 0 bridgehead atoms. The van der Waals surface area contributed by atoms with Crippen molar-refractivity contribution in [1.82, 2.24) is 10.6 Å². The van der Waals surface area contributed by atoms with Crippen molar-refractivity contribution in [3.05, 3.63) is 29.8 Å². The van der Waals surface area contributed by atoms with E-state index in [4.69, 9.17) is 0 Å². The van der Waals surface area contributed by atoms with Crippen LogP contribution in [0.2, 0.25) is 0 Å². The van der Waals surface area contributed by atoms with Crippen LogP contribution >= 0.6 is 0 Å². The van der Waals surface area contributed by atoms with Gasteiger partial charge in [0.15, 0.2) is 0 Å². The molecule has 1 atom stereocenters. The Balaban J connectivity index is 2.12. The number of benzene rings is 1. The Hall–Kier alpha value is -1.55. The fourth-order valence-corrected chi connectivity index (χ4v) is 2.42. The summed E-state index contributed by atoms with van der Waals surface area (Å²) < 4.78 is 0. The Kier molecular flexibility index (Phi) is 4.43. The third kappa shape index (κ3) is 3.26. The summed E-state index contributed by atoms with van der Waals surface area (Å²) in [6, 6.07) is 8.29.